The normalized spacial score (nSPS) is 24.2. The van der Waals surface area contributed by atoms with Crippen molar-refractivity contribution in [3.8, 4) is 0 Å². The number of rotatable bonds is 5. The number of carbonyl (C=O) groups excluding carboxylic acids is 3. The minimum atomic E-state index is -0.934. The number of carbonyl (C=O) groups is 2. The second-order valence-electron chi connectivity index (χ2n) is 7.81. The molecule has 1 aliphatic heterocycles. The number of hydrogen-bond donors (Lipinski definition) is 0. The number of allylic oxidation sites excluding steroid dienone is 1. The molecule has 4 rings (SSSR count). The first kappa shape index (κ1) is 20.6. The lowest BCUT2D eigenvalue weighted by molar-refractivity contribution is -0.159. The minimum absolute atomic E-state index is 0.152. The highest BCUT2D eigenvalue weighted by molar-refractivity contribution is 5.91. The SMILES string of the molecule is C=CON1CC2C(=O)C(OC(C)=O)CC(c3ccccc3)(c3ccccc3)C2C1=C=O. The highest BCUT2D eigenvalue weighted by atomic mass is 16.7. The average Bonchev–Trinajstić information content (AvgIpc) is 3.16. The van der Waals surface area contributed by atoms with Crippen molar-refractivity contribution in [1.82, 2.24) is 5.06 Å². The number of hydroxylamine groups is 2. The zero-order valence-corrected chi connectivity index (χ0v) is 17.2. The third-order valence-corrected chi connectivity index (χ3v) is 6.24. The molecule has 0 spiro atoms. The summed E-state index contributed by atoms with van der Waals surface area (Å²) in [5.41, 5.74) is 1.31. The highest BCUT2D eigenvalue weighted by Crippen LogP contribution is 2.56. The van der Waals surface area contributed by atoms with Crippen molar-refractivity contribution >= 4 is 17.7 Å². The highest BCUT2D eigenvalue weighted by Gasteiger charge is 2.62. The van der Waals surface area contributed by atoms with E-state index in [0.29, 0.717) is 0 Å². The predicted octanol–water partition coefficient (Wildman–Crippen LogP) is 3.22. The Labute approximate surface area is 180 Å². The summed E-state index contributed by atoms with van der Waals surface area (Å²) >= 11 is 0. The summed E-state index contributed by atoms with van der Waals surface area (Å²) in [6, 6.07) is 19.4. The van der Waals surface area contributed by atoms with Gasteiger partial charge in [-0.15, -0.1) is 0 Å². The molecule has 1 heterocycles. The van der Waals surface area contributed by atoms with Gasteiger partial charge in [-0.25, -0.2) is 9.86 Å². The molecule has 2 fully saturated rings. The molecule has 158 valence electrons. The van der Waals surface area contributed by atoms with Gasteiger partial charge < -0.3 is 9.57 Å². The van der Waals surface area contributed by atoms with Gasteiger partial charge in [0.25, 0.3) is 0 Å². The Bertz CT molecular complexity index is 1000. The van der Waals surface area contributed by atoms with E-state index in [0.717, 1.165) is 11.1 Å². The van der Waals surface area contributed by atoms with Crippen molar-refractivity contribution in [1.29, 1.82) is 0 Å². The van der Waals surface area contributed by atoms with Gasteiger partial charge in [-0.3, -0.25) is 9.59 Å². The van der Waals surface area contributed by atoms with Crippen LogP contribution in [-0.2, 0) is 29.4 Å². The molecule has 3 atom stereocenters. The van der Waals surface area contributed by atoms with Crippen LogP contribution < -0.4 is 0 Å². The molecule has 0 amide bonds. The summed E-state index contributed by atoms with van der Waals surface area (Å²) in [5.74, 6) is 0.144. The van der Waals surface area contributed by atoms with Gasteiger partial charge in [0.15, 0.2) is 11.9 Å². The van der Waals surface area contributed by atoms with Crippen molar-refractivity contribution < 1.29 is 24.0 Å². The van der Waals surface area contributed by atoms with Crippen LogP contribution in [0, 0.1) is 11.8 Å². The van der Waals surface area contributed by atoms with Gasteiger partial charge in [0, 0.05) is 24.7 Å². The standard InChI is InChI=1S/C25H23NO5/c1-3-30-26-15-20-23(21(26)16-27)25(18-10-6-4-7-11-18,19-12-8-5-9-13-19)14-22(24(20)29)31-17(2)28/h3-13,20,22-23H,1,14-15H2,2H3. The Morgan fingerprint density at radius 3 is 2.19 bits per heavy atom. The molecular weight excluding hydrogens is 394 g/mol. The molecule has 0 bridgehead atoms. The maximum absolute atomic E-state index is 13.4. The van der Waals surface area contributed by atoms with Gasteiger partial charge >= 0.3 is 5.97 Å². The van der Waals surface area contributed by atoms with Gasteiger partial charge in [-0.05, 0) is 11.1 Å². The van der Waals surface area contributed by atoms with Gasteiger partial charge in [0.2, 0.25) is 0 Å². The smallest absolute Gasteiger partial charge is 0.303 e. The van der Waals surface area contributed by atoms with E-state index in [1.54, 1.807) is 0 Å². The van der Waals surface area contributed by atoms with E-state index >= 15 is 0 Å². The summed E-state index contributed by atoms with van der Waals surface area (Å²) in [5, 5.41) is 1.38. The zero-order valence-electron chi connectivity index (χ0n) is 17.2. The van der Waals surface area contributed by atoms with E-state index in [1.165, 1.54) is 18.2 Å². The first-order valence-corrected chi connectivity index (χ1v) is 10.1. The lowest BCUT2D eigenvalue weighted by atomic mass is 9.55. The van der Waals surface area contributed by atoms with E-state index in [2.05, 4.69) is 6.58 Å². The Morgan fingerprint density at radius 1 is 1.13 bits per heavy atom. The number of fused-ring (bicyclic) bond motifs is 1. The van der Waals surface area contributed by atoms with E-state index in [-0.39, 0.29) is 24.4 Å². The monoisotopic (exact) mass is 417 g/mol. The molecule has 2 aliphatic rings. The zero-order chi connectivity index (χ0) is 22.0. The summed E-state index contributed by atoms with van der Waals surface area (Å²) in [6.45, 7) is 5.02. The Balaban J connectivity index is 2.00. The third-order valence-electron chi connectivity index (χ3n) is 6.24. The maximum Gasteiger partial charge on any atom is 0.303 e. The predicted molar refractivity (Wildman–Crippen MR) is 113 cm³/mol. The lowest BCUT2D eigenvalue weighted by Crippen LogP contribution is -2.53. The van der Waals surface area contributed by atoms with Gasteiger partial charge in [-0.2, -0.15) is 0 Å². The second kappa shape index (κ2) is 8.25. The third kappa shape index (κ3) is 3.35. The van der Waals surface area contributed by atoms with Gasteiger partial charge in [0.1, 0.15) is 17.9 Å². The van der Waals surface area contributed by atoms with Gasteiger partial charge in [0.05, 0.1) is 12.5 Å². The summed E-state index contributed by atoms with van der Waals surface area (Å²) < 4.78 is 5.50. The van der Waals surface area contributed by atoms with Crippen LogP contribution in [0.15, 0.2) is 79.2 Å². The molecule has 1 saturated carbocycles. The maximum atomic E-state index is 13.4. The van der Waals surface area contributed by atoms with Crippen LogP contribution in [0.25, 0.3) is 0 Å². The van der Waals surface area contributed by atoms with Crippen LogP contribution in [-0.4, -0.2) is 35.4 Å². The molecule has 1 saturated heterocycles. The van der Waals surface area contributed by atoms with E-state index < -0.39 is 29.3 Å². The molecular formula is C25H23NO5. The molecule has 31 heavy (non-hydrogen) atoms. The quantitative estimate of drug-likeness (QED) is 0.423. The number of ether oxygens (including phenoxy) is 1. The summed E-state index contributed by atoms with van der Waals surface area (Å²) in [7, 11) is 0. The van der Waals surface area contributed by atoms with Crippen molar-refractivity contribution in [3.63, 3.8) is 0 Å². The molecule has 0 radical (unpaired) electrons. The van der Waals surface area contributed by atoms with Crippen LogP contribution in [0.1, 0.15) is 24.5 Å². The van der Waals surface area contributed by atoms with Crippen LogP contribution in [0.3, 0.4) is 0 Å². The molecule has 3 unspecified atom stereocenters. The molecule has 2 aromatic rings. The molecule has 2 aromatic carbocycles. The average molecular weight is 417 g/mol. The fourth-order valence-electron chi connectivity index (χ4n) is 5.15. The second-order valence-corrected chi connectivity index (χ2v) is 7.81. The summed E-state index contributed by atoms with van der Waals surface area (Å²) in [6.07, 6.45) is 0.499. The van der Waals surface area contributed by atoms with Crippen molar-refractivity contribution in [2.75, 3.05) is 6.54 Å². The Morgan fingerprint density at radius 2 is 1.71 bits per heavy atom. The molecule has 1 aliphatic carbocycles. The van der Waals surface area contributed by atoms with Crippen LogP contribution in [0.2, 0.25) is 0 Å². The van der Waals surface area contributed by atoms with E-state index in [1.807, 2.05) is 66.6 Å². The fraction of sp³-hybridized carbons (Fsp3) is 0.280. The fourth-order valence-corrected chi connectivity index (χ4v) is 5.15. The number of hydrogen-bond acceptors (Lipinski definition) is 6. The molecule has 6 heteroatoms. The summed E-state index contributed by atoms with van der Waals surface area (Å²) in [4.78, 5) is 42.8. The van der Waals surface area contributed by atoms with Crippen molar-refractivity contribution in [3.05, 3.63) is 90.3 Å². The van der Waals surface area contributed by atoms with E-state index in [9.17, 15) is 14.4 Å². The Kier molecular flexibility index (Phi) is 5.49. The largest absolute Gasteiger partial charge is 0.454 e. The van der Waals surface area contributed by atoms with Crippen LogP contribution in [0.4, 0.5) is 0 Å². The van der Waals surface area contributed by atoms with Gasteiger partial charge in [-0.1, -0.05) is 67.2 Å². The van der Waals surface area contributed by atoms with Crippen molar-refractivity contribution in [2.45, 2.75) is 24.9 Å². The number of Topliss-reactive ketones (excluding diaryl/α,β-unsaturated/α-hetero) is 1. The van der Waals surface area contributed by atoms with Crippen molar-refractivity contribution in [2.24, 2.45) is 11.8 Å². The minimum Gasteiger partial charge on any atom is -0.454 e. The molecule has 0 aromatic heterocycles. The lowest BCUT2D eigenvalue weighted by Gasteiger charge is -2.47. The number of ketones is 1. The molecule has 0 N–H and O–H groups in total. The van der Waals surface area contributed by atoms with Crippen LogP contribution in [0.5, 0.6) is 0 Å². The Hall–Kier alpha value is -3.63. The number of benzene rings is 2. The van der Waals surface area contributed by atoms with E-state index in [4.69, 9.17) is 9.57 Å². The number of nitrogens with zero attached hydrogens (tertiary/aromatic N) is 1. The first-order chi connectivity index (χ1) is 15.0. The first-order valence-electron chi connectivity index (χ1n) is 10.1. The van der Waals surface area contributed by atoms with Crippen LogP contribution >= 0.6 is 0 Å². The molecule has 6 nitrogen and oxygen atoms in total. The number of esters is 1. The topological polar surface area (TPSA) is 72.9 Å².